The highest BCUT2D eigenvalue weighted by Crippen LogP contribution is 1.86. The van der Waals surface area contributed by atoms with Gasteiger partial charge in [0.2, 0.25) is 11.8 Å². The lowest BCUT2D eigenvalue weighted by atomic mass is 10.4. The van der Waals surface area contributed by atoms with Crippen LogP contribution in [0.2, 0.25) is 0 Å². The Hall–Kier alpha value is -1.91. The van der Waals surface area contributed by atoms with Crippen LogP contribution in [0, 0.1) is 0 Å². The fourth-order valence-corrected chi connectivity index (χ4v) is 2.28. The first-order valence-electron chi connectivity index (χ1n) is 11.8. The SMILES string of the molecule is COCCOCCOCCOCCNC(=O)CCOCCNC(=O)COCCOCCOCC(=O)O. The van der Waals surface area contributed by atoms with Crippen LogP contribution in [-0.4, -0.2) is 142 Å². The molecular weight excluding hydrogens is 484 g/mol. The van der Waals surface area contributed by atoms with E-state index >= 15 is 0 Å². The van der Waals surface area contributed by atoms with Gasteiger partial charge in [-0.1, -0.05) is 0 Å². The molecule has 0 rings (SSSR count). The summed E-state index contributed by atoms with van der Waals surface area (Å²) in [6.45, 7) is 5.05. The van der Waals surface area contributed by atoms with Gasteiger partial charge in [0.1, 0.15) is 13.2 Å². The molecule has 2 amide bonds. The first-order valence-corrected chi connectivity index (χ1v) is 11.8. The summed E-state index contributed by atoms with van der Waals surface area (Å²) in [7, 11) is 1.62. The Morgan fingerprint density at radius 2 is 0.944 bits per heavy atom. The summed E-state index contributed by atoms with van der Waals surface area (Å²) in [5, 5.41) is 13.8. The van der Waals surface area contributed by atoms with Crippen molar-refractivity contribution in [3.8, 4) is 0 Å². The lowest BCUT2D eigenvalue weighted by molar-refractivity contribution is -0.142. The Morgan fingerprint density at radius 1 is 0.528 bits per heavy atom. The van der Waals surface area contributed by atoms with Crippen molar-refractivity contribution in [1.29, 1.82) is 0 Å². The number of carbonyl (C=O) groups excluding carboxylic acids is 2. The minimum atomic E-state index is -1.03. The minimum Gasteiger partial charge on any atom is -0.480 e. The number of carboxylic acid groups (broad SMARTS) is 1. The van der Waals surface area contributed by atoms with E-state index < -0.39 is 5.97 Å². The summed E-state index contributed by atoms with van der Waals surface area (Å²) < 4.78 is 41.3. The zero-order valence-corrected chi connectivity index (χ0v) is 21.2. The summed E-state index contributed by atoms with van der Waals surface area (Å²) in [6.07, 6.45) is 0.213. The number of hydrogen-bond donors (Lipinski definition) is 3. The van der Waals surface area contributed by atoms with E-state index in [1.165, 1.54) is 0 Å². The van der Waals surface area contributed by atoms with Gasteiger partial charge in [-0.25, -0.2) is 4.79 Å². The van der Waals surface area contributed by atoms with E-state index in [4.69, 9.17) is 43.0 Å². The molecule has 0 fully saturated rings. The van der Waals surface area contributed by atoms with Crippen molar-refractivity contribution in [3.05, 3.63) is 0 Å². The van der Waals surface area contributed by atoms with E-state index in [2.05, 4.69) is 10.6 Å². The van der Waals surface area contributed by atoms with E-state index in [0.717, 1.165) is 0 Å². The Balaban J connectivity index is 3.28. The van der Waals surface area contributed by atoms with Crippen molar-refractivity contribution in [3.63, 3.8) is 0 Å². The quantitative estimate of drug-likeness (QED) is 0.101. The second-order valence-electron chi connectivity index (χ2n) is 7.00. The summed E-state index contributed by atoms with van der Waals surface area (Å²) in [4.78, 5) is 33.6. The van der Waals surface area contributed by atoms with Crippen molar-refractivity contribution in [2.75, 3.05) is 119 Å². The average molecular weight is 527 g/mol. The van der Waals surface area contributed by atoms with Crippen molar-refractivity contribution < 1.29 is 57.4 Å². The van der Waals surface area contributed by atoms with Gasteiger partial charge in [0.15, 0.2) is 0 Å². The van der Waals surface area contributed by atoms with Gasteiger partial charge in [0.05, 0.1) is 85.9 Å². The van der Waals surface area contributed by atoms with E-state index in [1.54, 1.807) is 7.11 Å². The monoisotopic (exact) mass is 526 g/mol. The third-order valence-electron chi connectivity index (χ3n) is 3.99. The number of carboxylic acids is 1. The number of hydrogen-bond acceptors (Lipinski definition) is 11. The second-order valence-corrected chi connectivity index (χ2v) is 7.00. The normalized spacial score (nSPS) is 10.9. The molecule has 14 heteroatoms. The molecular formula is C22H42N2O12. The molecule has 3 N–H and O–H groups in total. The second kappa shape index (κ2) is 27.7. The highest BCUT2D eigenvalue weighted by atomic mass is 16.6. The number of methoxy groups -OCH3 is 1. The summed E-state index contributed by atoms with van der Waals surface area (Å²) in [5.41, 5.74) is 0. The molecule has 0 saturated heterocycles. The maximum Gasteiger partial charge on any atom is 0.329 e. The molecule has 0 aromatic rings. The van der Waals surface area contributed by atoms with Crippen LogP contribution in [0.3, 0.4) is 0 Å². The summed E-state index contributed by atoms with van der Waals surface area (Å²) in [5.74, 6) is -1.47. The van der Waals surface area contributed by atoms with Crippen molar-refractivity contribution in [2.24, 2.45) is 0 Å². The first kappa shape index (κ1) is 34.1. The van der Waals surface area contributed by atoms with Crippen LogP contribution in [0.15, 0.2) is 0 Å². The van der Waals surface area contributed by atoms with Crippen LogP contribution in [-0.2, 0) is 52.3 Å². The molecule has 0 heterocycles. The van der Waals surface area contributed by atoms with Crippen LogP contribution in [0.1, 0.15) is 6.42 Å². The smallest absolute Gasteiger partial charge is 0.329 e. The predicted molar refractivity (Wildman–Crippen MR) is 126 cm³/mol. The van der Waals surface area contributed by atoms with Gasteiger partial charge in [0.25, 0.3) is 0 Å². The molecule has 0 aliphatic heterocycles. The first-order chi connectivity index (χ1) is 17.6. The van der Waals surface area contributed by atoms with Gasteiger partial charge in [-0.15, -0.1) is 0 Å². The van der Waals surface area contributed by atoms with Crippen molar-refractivity contribution in [1.82, 2.24) is 10.6 Å². The standard InChI is InChI=1S/C22H42N2O12/c1-29-8-9-32-12-13-33-11-10-31-7-3-23-20(25)2-5-30-6-4-24-21(26)18-35-16-14-34-15-17-36-19-22(27)28/h2-19H2,1H3,(H,23,25)(H,24,26)(H,27,28). The van der Waals surface area contributed by atoms with Crippen LogP contribution in [0.4, 0.5) is 0 Å². The molecule has 0 aliphatic rings. The van der Waals surface area contributed by atoms with E-state index in [9.17, 15) is 14.4 Å². The molecule has 36 heavy (non-hydrogen) atoms. The number of aliphatic carboxylic acids is 1. The third kappa shape index (κ3) is 28.3. The molecule has 0 unspecified atom stereocenters. The topological polar surface area (TPSA) is 169 Å². The third-order valence-corrected chi connectivity index (χ3v) is 3.99. The molecule has 0 saturated carbocycles. The van der Waals surface area contributed by atoms with Gasteiger partial charge in [0, 0.05) is 26.6 Å². The number of ether oxygens (including phenoxy) is 8. The Kier molecular flexibility index (Phi) is 26.2. The van der Waals surface area contributed by atoms with Crippen LogP contribution < -0.4 is 10.6 Å². The van der Waals surface area contributed by atoms with Crippen molar-refractivity contribution in [2.45, 2.75) is 6.42 Å². The van der Waals surface area contributed by atoms with Gasteiger partial charge in [-0.2, -0.15) is 0 Å². The Morgan fingerprint density at radius 3 is 1.47 bits per heavy atom. The fourth-order valence-electron chi connectivity index (χ4n) is 2.28. The lowest BCUT2D eigenvalue weighted by Gasteiger charge is -2.09. The number of carbonyl (C=O) groups is 3. The van der Waals surface area contributed by atoms with E-state index in [0.29, 0.717) is 59.3 Å². The molecule has 212 valence electrons. The molecule has 0 radical (unpaired) electrons. The number of nitrogens with one attached hydrogen (secondary N) is 2. The predicted octanol–water partition coefficient (Wildman–Crippen LogP) is -1.54. The van der Waals surface area contributed by atoms with Gasteiger partial charge in [-0.05, 0) is 0 Å². The maximum absolute atomic E-state index is 11.7. The molecule has 0 aromatic heterocycles. The van der Waals surface area contributed by atoms with Crippen LogP contribution in [0.25, 0.3) is 0 Å². The zero-order chi connectivity index (χ0) is 26.5. The highest BCUT2D eigenvalue weighted by Gasteiger charge is 2.03. The van der Waals surface area contributed by atoms with Gasteiger partial charge in [-0.3, -0.25) is 9.59 Å². The maximum atomic E-state index is 11.7. The molecule has 0 bridgehead atoms. The number of amides is 2. The average Bonchev–Trinajstić information content (AvgIpc) is 2.85. The molecule has 0 atom stereocenters. The zero-order valence-electron chi connectivity index (χ0n) is 21.2. The van der Waals surface area contributed by atoms with E-state index in [1.807, 2.05) is 0 Å². The lowest BCUT2D eigenvalue weighted by Crippen LogP contribution is -2.32. The fraction of sp³-hybridized carbons (Fsp3) is 0.864. The highest BCUT2D eigenvalue weighted by molar-refractivity contribution is 5.77. The molecule has 0 aliphatic carbocycles. The summed E-state index contributed by atoms with van der Waals surface area (Å²) >= 11 is 0. The Bertz CT molecular complexity index is 539. The van der Waals surface area contributed by atoms with Crippen molar-refractivity contribution >= 4 is 17.8 Å². The summed E-state index contributed by atoms with van der Waals surface area (Å²) in [6, 6.07) is 0. The molecule has 0 spiro atoms. The van der Waals surface area contributed by atoms with Crippen LogP contribution >= 0.6 is 0 Å². The molecule has 0 aromatic carbocycles. The largest absolute Gasteiger partial charge is 0.480 e. The number of rotatable bonds is 28. The van der Waals surface area contributed by atoms with E-state index in [-0.39, 0.29) is 71.1 Å². The van der Waals surface area contributed by atoms with Gasteiger partial charge >= 0.3 is 5.97 Å². The minimum absolute atomic E-state index is 0.112. The Labute approximate surface area is 212 Å². The van der Waals surface area contributed by atoms with Gasteiger partial charge < -0.3 is 53.6 Å². The molecule has 14 nitrogen and oxygen atoms in total. The van der Waals surface area contributed by atoms with Crippen LogP contribution in [0.5, 0.6) is 0 Å².